The molecule has 0 bridgehead atoms. The van der Waals surface area contributed by atoms with E-state index in [1.54, 1.807) is 0 Å². The van der Waals surface area contributed by atoms with Gasteiger partial charge in [-0.15, -0.1) is 0 Å². The molecule has 1 fully saturated rings. The first-order valence-electron chi connectivity index (χ1n) is 6.01. The normalized spacial score (nSPS) is 31.7. The molecule has 1 aliphatic heterocycles. The van der Waals surface area contributed by atoms with Crippen molar-refractivity contribution in [3.05, 3.63) is 0 Å². The number of nitrogens with zero attached hydrogens (tertiary/aromatic N) is 1. The van der Waals surface area contributed by atoms with E-state index in [0.29, 0.717) is 12.5 Å². The standard InChI is InChI=1S/C12H20N2O/c1-8(2)9-3-5-10(6-4-9)12-13-7-11(15)14-12/h8-10H,3-7H2,1-2H3,(H,13,14,15). The van der Waals surface area contributed by atoms with Crippen LogP contribution in [0.5, 0.6) is 0 Å². The monoisotopic (exact) mass is 208 g/mol. The van der Waals surface area contributed by atoms with Crippen LogP contribution in [0.4, 0.5) is 0 Å². The Hall–Kier alpha value is -0.860. The first-order chi connectivity index (χ1) is 7.16. The second kappa shape index (κ2) is 4.33. The lowest BCUT2D eigenvalue weighted by atomic mass is 9.76. The Labute approximate surface area is 91.3 Å². The predicted octanol–water partition coefficient (Wildman–Crippen LogP) is 1.98. The highest BCUT2D eigenvalue weighted by molar-refractivity contribution is 6.04. The Morgan fingerprint density at radius 3 is 2.40 bits per heavy atom. The van der Waals surface area contributed by atoms with E-state index in [1.165, 1.54) is 25.7 Å². The van der Waals surface area contributed by atoms with Crippen molar-refractivity contribution in [3.8, 4) is 0 Å². The molecule has 2 rings (SSSR count). The van der Waals surface area contributed by atoms with Gasteiger partial charge in [-0.05, 0) is 37.5 Å². The van der Waals surface area contributed by atoms with Crippen molar-refractivity contribution < 1.29 is 4.79 Å². The molecule has 2 aliphatic rings. The Morgan fingerprint density at radius 1 is 1.27 bits per heavy atom. The van der Waals surface area contributed by atoms with Crippen LogP contribution in [0.1, 0.15) is 39.5 Å². The van der Waals surface area contributed by atoms with Gasteiger partial charge >= 0.3 is 0 Å². The van der Waals surface area contributed by atoms with Crippen LogP contribution < -0.4 is 5.32 Å². The zero-order valence-corrected chi connectivity index (χ0v) is 9.62. The van der Waals surface area contributed by atoms with Crippen molar-refractivity contribution in [1.29, 1.82) is 0 Å². The number of amides is 1. The van der Waals surface area contributed by atoms with Crippen LogP contribution in [0.3, 0.4) is 0 Å². The smallest absolute Gasteiger partial charge is 0.247 e. The molecule has 0 unspecified atom stereocenters. The fourth-order valence-corrected chi connectivity index (χ4v) is 2.67. The lowest BCUT2D eigenvalue weighted by Crippen LogP contribution is -2.33. The van der Waals surface area contributed by atoms with Gasteiger partial charge in [-0.1, -0.05) is 13.8 Å². The van der Waals surface area contributed by atoms with Crippen molar-refractivity contribution in [2.45, 2.75) is 39.5 Å². The summed E-state index contributed by atoms with van der Waals surface area (Å²) in [7, 11) is 0. The molecule has 0 aromatic rings. The van der Waals surface area contributed by atoms with Crippen LogP contribution in [0.15, 0.2) is 4.99 Å². The second-order valence-electron chi connectivity index (χ2n) is 5.11. The van der Waals surface area contributed by atoms with Crippen LogP contribution in [0.2, 0.25) is 0 Å². The number of amidine groups is 1. The molecular formula is C12H20N2O. The number of carbonyl (C=O) groups excluding carboxylic acids is 1. The molecule has 0 aromatic carbocycles. The molecule has 84 valence electrons. The minimum absolute atomic E-state index is 0.0657. The van der Waals surface area contributed by atoms with Crippen molar-refractivity contribution in [3.63, 3.8) is 0 Å². The molecule has 1 N–H and O–H groups in total. The predicted molar refractivity (Wildman–Crippen MR) is 60.7 cm³/mol. The van der Waals surface area contributed by atoms with E-state index < -0.39 is 0 Å². The summed E-state index contributed by atoms with van der Waals surface area (Å²) in [6.45, 7) is 4.96. The zero-order valence-electron chi connectivity index (χ0n) is 9.62. The highest BCUT2D eigenvalue weighted by atomic mass is 16.2. The van der Waals surface area contributed by atoms with Gasteiger partial charge in [0.05, 0.1) is 0 Å². The third-order valence-electron chi connectivity index (χ3n) is 3.76. The molecule has 0 saturated heterocycles. The first kappa shape index (κ1) is 10.7. The zero-order chi connectivity index (χ0) is 10.8. The maximum absolute atomic E-state index is 11.0. The SMILES string of the molecule is CC(C)C1CCC(C2=NCC(=O)N2)CC1. The van der Waals surface area contributed by atoms with Gasteiger partial charge in [0.2, 0.25) is 5.91 Å². The second-order valence-corrected chi connectivity index (χ2v) is 5.11. The maximum atomic E-state index is 11.0. The van der Waals surface area contributed by atoms with Crippen molar-refractivity contribution in [1.82, 2.24) is 5.32 Å². The summed E-state index contributed by atoms with van der Waals surface area (Å²) in [5.74, 6) is 3.22. The van der Waals surface area contributed by atoms with E-state index in [2.05, 4.69) is 24.2 Å². The van der Waals surface area contributed by atoms with Gasteiger partial charge < -0.3 is 5.32 Å². The van der Waals surface area contributed by atoms with E-state index in [4.69, 9.17) is 0 Å². The third-order valence-corrected chi connectivity index (χ3v) is 3.76. The van der Waals surface area contributed by atoms with Gasteiger partial charge in [-0.25, -0.2) is 0 Å². The lowest BCUT2D eigenvalue weighted by molar-refractivity contribution is -0.117. The van der Waals surface area contributed by atoms with Crippen LogP contribution >= 0.6 is 0 Å². The van der Waals surface area contributed by atoms with Gasteiger partial charge in [-0.3, -0.25) is 9.79 Å². The Morgan fingerprint density at radius 2 is 1.93 bits per heavy atom. The maximum Gasteiger partial charge on any atom is 0.247 e. The number of hydrogen-bond donors (Lipinski definition) is 1. The lowest BCUT2D eigenvalue weighted by Gasteiger charge is -2.30. The summed E-state index contributed by atoms with van der Waals surface area (Å²) in [4.78, 5) is 15.3. The quantitative estimate of drug-likeness (QED) is 0.740. The fraction of sp³-hybridized carbons (Fsp3) is 0.833. The van der Waals surface area contributed by atoms with Crippen LogP contribution in [0.25, 0.3) is 0 Å². The summed E-state index contributed by atoms with van der Waals surface area (Å²) < 4.78 is 0. The first-order valence-corrected chi connectivity index (χ1v) is 6.01. The Bertz CT molecular complexity index is 275. The van der Waals surface area contributed by atoms with Crippen LogP contribution in [-0.2, 0) is 4.79 Å². The highest BCUT2D eigenvalue weighted by Crippen LogP contribution is 2.33. The molecular weight excluding hydrogens is 188 g/mol. The summed E-state index contributed by atoms with van der Waals surface area (Å²) in [5.41, 5.74) is 0. The number of carbonyl (C=O) groups is 1. The number of rotatable bonds is 2. The molecule has 1 amide bonds. The molecule has 1 aliphatic carbocycles. The van der Waals surface area contributed by atoms with E-state index in [0.717, 1.165) is 17.7 Å². The van der Waals surface area contributed by atoms with Gasteiger partial charge in [0.15, 0.2) is 0 Å². The van der Waals surface area contributed by atoms with Gasteiger partial charge in [0.25, 0.3) is 0 Å². The van der Waals surface area contributed by atoms with Gasteiger partial charge in [0, 0.05) is 5.92 Å². The fourth-order valence-electron chi connectivity index (χ4n) is 2.67. The van der Waals surface area contributed by atoms with E-state index in [-0.39, 0.29) is 5.91 Å². The van der Waals surface area contributed by atoms with Crippen molar-refractivity contribution in [2.75, 3.05) is 6.54 Å². The van der Waals surface area contributed by atoms with Gasteiger partial charge in [0.1, 0.15) is 12.4 Å². The minimum atomic E-state index is 0.0657. The van der Waals surface area contributed by atoms with Gasteiger partial charge in [-0.2, -0.15) is 0 Å². The highest BCUT2D eigenvalue weighted by Gasteiger charge is 2.28. The van der Waals surface area contributed by atoms with Crippen LogP contribution in [0, 0.1) is 17.8 Å². The Kier molecular flexibility index (Phi) is 3.08. The van der Waals surface area contributed by atoms with E-state index in [1.807, 2.05) is 0 Å². The average molecular weight is 208 g/mol. The molecule has 1 heterocycles. The Balaban J connectivity index is 1.86. The van der Waals surface area contributed by atoms with E-state index >= 15 is 0 Å². The molecule has 3 nitrogen and oxygen atoms in total. The number of hydrogen-bond acceptors (Lipinski definition) is 2. The largest absolute Gasteiger partial charge is 0.313 e. The average Bonchev–Trinajstić information content (AvgIpc) is 2.65. The number of aliphatic imine (C=N–C) groups is 1. The third kappa shape index (κ3) is 2.39. The minimum Gasteiger partial charge on any atom is -0.313 e. The van der Waals surface area contributed by atoms with Crippen molar-refractivity contribution in [2.24, 2.45) is 22.7 Å². The van der Waals surface area contributed by atoms with Crippen LogP contribution in [-0.4, -0.2) is 18.3 Å². The molecule has 0 aromatic heterocycles. The molecule has 1 saturated carbocycles. The molecule has 15 heavy (non-hydrogen) atoms. The summed E-state index contributed by atoms with van der Waals surface area (Å²) in [6.07, 6.45) is 4.97. The summed E-state index contributed by atoms with van der Waals surface area (Å²) in [5, 5.41) is 2.88. The molecule has 3 heteroatoms. The molecule has 0 atom stereocenters. The molecule has 0 spiro atoms. The van der Waals surface area contributed by atoms with E-state index in [9.17, 15) is 4.79 Å². The number of nitrogens with one attached hydrogen (secondary N) is 1. The summed E-state index contributed by atoms with van der Waals surface area (Å²) >= 11 is 0. The van der Waals surface area contributed by atoms with Crippen molar-refractivity contribution >= 4 is 11.7 Å². The topological polar surface area (TPSA) is 41.5 Å². The molecule has 0 radical (unpaired) electrons. The summed E-state index contributed by atoms with van der Waals surface area (Å²) in [6, 6.07) is 0.